The second-order valence-electron chi connectivity index (χ2n) is 2.16. The summed E-state index contributed by atoms with van der Waals surface area (Å²) in [6.07, 6.45) is 0. The van der Waals surface area contributed by atoms with Crippen molar-refractivity contribution in [3.05, 3.63) is 31.4 Å². The number of rotatable bonds is 1. The van der Waals surface area contributed by atoms with E-state index >= 15 is 0 Å². The standard InChI is InChI=1S/C7H3IN2O2S/c8-7-4(3-9)5(10(11)12)1-2-6(7)13/h1-2,13H. The molecule has 0 bridgehead atoms. The zero-order valence-corrected chi connectivity index (χ0v) is 9.24. The number of nitro benzene ring substituents is 1. The van der Waals surface area contributed by atoms with Gasteiger partial charge in [-0.1, -0.05) is 0 Å². The minimum atomic E-state index is -0.575. The van der Waals surface area contributed by atoms with E-state index in [0.29, 0.717) is 8.47 Å². The van der Waals surface area contributed by atoms with Gasteiger partial charge in [0.1, 0.15) is 11.6 Å². The summed E-state index contributed by atoms with van der Waals surface area (Å²) in [5.41, 5.74) is -0.109. The molecule has 0 atom stereocenters. The molecule has 1 rings (SSSR count). The van der Waals surface area contributed by atoms with Gasteiger partial charge in [0.15, 0.2) is 0 Å². The SMILES string of the molecule is N#Cc1c([N+](=O)[O-])ccc(S)c1I. The summed E-state index contributed by atoms with van der Waals surface area (Å²) in [7, 11) is 0. The van der Waals surface area contributed by atoms with Gasteiger partial charge in [-0.3, -0.25) is 10.1 Å². The second-order valence-corrected chi connectivity index (χ2v) is 3.72. The zero-order valence-electron chi connectivity index (χ0n) is 6.19. The molecule has 0 saturated carbocycles. The molecule has 0 aliphatic heterocycles. The van der Waals surface area contributed by atoms with Crippen molar-refractivity contribution >= 4 is 40.9 Å². The van der Waals surface area contributed by atoms with Crippen LogP contribution in [0.15, 0.2) is 17.0 Å². The Balaban J connectivity index is 3.50. The summed E-state index contributed by atoms with van der Waals surface area (Å²) in [6, 6.07) is 4.57. The highest BCUT2D eigenvalue weighted by Crippen LogP contribution is 2.27. The number of nitro groups is 1. The van der Waals surface area contributed by atoms with Gasteiger partial charge in [-0.15, -0.1) is 12.6 Å². The first-order valence-electron chi connectivity index (χ1n) is 3.14. The number of halogens is 1. The number of nitriles is 1. The Morgan fingerprint density at radius 2 is 2.23 bits per heavy atom. The summed E-state index contributed by atoms with van der Waals surface area (Å²) in [6.45, 7) is 0. The molecule has 0 heterocycles. The van der Waals surface area contributed by atoms with Crippen LogP contribution in [0.3, 0.4) is 0 Å². The smallest absolute Gasteiger partial charge is 0.258 e. The van der Waals surface area contributed by atoms with Crippen LogP contribution in [0.4, 0.5) is 5.69 Å². The molecule has 6 heteroatoms. The molecule has 0 spiro atoms. The van der Waals surface area contributed by atoms with Gasteiger partial charge in [0, 0.05) is 11.0 Å². The van der Waals surface area contributed by atoms with E-state index in [9.17, 15) is 10.1 Å². The van der Waals surface area contributed by atoms with Crippen molar-refractivity contribution in [2.75, 3.05) is 0 Å². The molecule has 0 aromatic heterocycles. The molecule has 13 heavy (non-hydrogen) atoms. The quantitative estimate of drug-likeness (QED) is 0.375. The van der Waals surface area contributed by atoms with E-state index in [2.05, 4.69) is 12.6 Å². The highest BCUT2D eigenvalue weighted by atomic mass is 127. The molecule has 0 saturated heterocycles. The fourth-order valence-corrected chi connectivity index (χ4v) is 1.58. The number of thiol groups is 1. The average molecular weight is 306 g/mol. The van der Waals surface area contributed by atoms with Crippen molar-refractivity contribution < 1.29 is 4.92 Å². The average Bonchev–Trinajstić information content (AvgIpc) is 2.09. The maximum atomic E-state index is 10.5. The van der Waals surface area contributed by atoms with E-state index in [-0.39, 0.29) is 11.3 Å². The fraction of sp³-hybridized carbons (Fsp3) is 0. The highest BCUT2D eigenvalue weighted by Gasteiger charge is 2.17. The lowest BCUT2D eigenvalue weighted by Gasteiger charge is -1.99. The third-order valence-electron chi connectivity index (χ3n) is 1.41. The first-order chi connectivity index (χ1) is 6.07. The Hall–Kier alpha value is -0.810. The van der Waals surface area contributed by atoms with Gasteiger partial charge < -0.3 is 0 Å². The molecule has 0 unspecified atom stereocenters. The van der Waals surface area contributed by atoms with Crippen LogP contribution in [0, 0.1) is 25.0 Å². The molecule has 0 N–H and O–H groups in total. The predicted molar refractivity (Wildman–Crippen MR) is 57.8 cm³/mol. The zero-order chi connectivity index (χ0) is 10.0. The number of benzene rings is 1. The third-order valence-corrected chi connectivity index (χ3v) is 3.33. The van der Waals surface area contributed by atoms with E-state index in [4.69, 9.17) is 5.26 Å². The lowest BCUT2D eigenvalue weighted by molar-refractivity contribution is -0.385. The third kappa shape index (κ3) is 1.92. The Morgan fingerprint density at radius 3 is 2.69 bits per heavy atom. The molecule has 1 aromatic rings. The molecule has 4 nitrogen and oxygen atoms in total. The molecule has 0 radical (unpaired) electrons. The summed E-state index contributed by atoms with van der Waals surface area (Å²) in [5, 5.41) is 19.1. The van der Waals surface area contributed by atoms with E-state index in [0.717, 1.165) is 0 Å². The Morgan fingerprint density at radius 1 is 1.62 bits per heavy atom. The molecule has 0 aliphatic rings. The van der Waals surface area contributed by atoms with Crippen molar-refractivity contribution in [1.29, 1.82) is 5.26 Å². The first kappa shape index (κ1) is 10.3. The van der Waals surface area contributed by atoms with Gasteiger partial charge in [-0.2, -0.15) is 5.26 Å². The lowest BCUT2D eigenvalue weighted by Crippen LogP contribution is -1.95. The largest absolute Gasteiger partial charge is 0.288 e. The molecular formula is C7H3IN2O2S. The Kier molecular flexibility index (Phi) is 3.11. The second kappa shape index (κ2) is 3.93. The van der Waals surface area contributed by atoms with E-state index in [1.165, 1.54) is 12.1 Å². The Bertz CT molecular complexity index is 414. The van der Waals surface area contributed by atoms with E-state index < -0.39 is 4.92 Å². The normalized spacial score (nSPS) is 9.31. The number of hydrogen-bond acceptors (Lipinski definition) is 4. The van der Waals surface area contributed by atoms with Crippen molar-refractivity contribution in [1.82, 2.24) is 0 Å². The molecule has 66 valence electrons. The number of nitrogens with zero attached hydrogens (tertiary/aromatic N) is 2. The van der Waals surface area contributed by atoms with Gasteiger partial charge in [0.25, 0.3) is 5.69 Å². The van der Waals surface area contributed by atoms with Gasteiger partial charge in [0.05, 0.1) is 8.49 Å². The molecular weight excluding hydrogens is 303 g/mol. The van der Waals surface area contributed by atoms with Crippen LogP contribution in [0.5, 0.6) is 0 Å². The van der Waals surface area contributed by atoms with Crippen LogP contribution in [0.25, 0.3) is 0 Å². The van der Waals surface area contributed by atoms with Crippen LogP contribution >= 0.6 is 35.2 Å². The fourth-order valence-electron chi connectivity index (χ4n) is 0.813. The maximum absolute atomic E-state index is 10.5. The van der Waals surface area contributed by atoms with E-state index in [1.807, 2.05) is 22.6 Å². The predicted octanol–water partition coefficient (Wildman–Crippen LogP) is 2.36. The van der Waals surface area contributed by atoms with Crippen LogP contribution in [-0.2, 0) is 0 Å². The molecule has 0 amide bonds. The summed E-state index contributed by atoms with van der Waals surface area (Å²) in [5.74, 6) is 0. The minimum absolute atomic E-state index is 0.0677. The van der Waals surface area contributed by atoms with Gasteiger partial charge >= 0.3 is 0 Å². The van der Waals surface area contributed by atoms with Crippen molar-refractivity contribution in [3.8, 4) is 6.07 Å². The Labute approximate surface area is 93.3 Å². The maximum Gasteiger partial charge on any atom is 0.288 e. The lowest BCUT2D eigenvalue weighted by atomic mass is 10.2. The van der Waals surface area contributed by atoms with Crippen molar-refractivity contribution in [2.24, 2.45) is 0 Å². The summed E-state index contributed by atoms with van der Waals surface area (Å²) >= 11 is 5.92. The van der Waals surface area contributed by atoms with Crippen molar-refractivity contribution in [3.63, 3.8) is 0 Å². The van der Waals surface area contributed by atoms with Crippen LogP contribution in [-0.4, -0.2) is 4.92 Å². The van der Waals surface area contributed by atoms with E-state index in [1.54, 1.807) is 6.07 Å². The van der Waals surface area contributed by atoms with Gasteiger partial charge in [-0.25, -0.2) is 0 Å². The summed E-state index contributed by atoms with van der Waals surface area (Å²) < 4.78 is 0.512. The van der Waals surface area contributed by atoms with Crippen LogP contribution in [0.1, 0.15) is 5.56 Å². The van der Waals surface area contributed by atoms with Crippen LogP contribution < -0.4 is 0 Å². The van der Waals surface area contributed by atoms with Crippen LogP contribution in [0.2, 0.25) is 0 Å². The topological polar surface area (TPSA) is 66.9 Å². The first-order valence-corrected chi connectivity index (χ1v) is 4.66. The molecule has 1 aromatic carbocycles. The summed E-state index contributed by atoms with van der Waals surface area (Å²) in [4.78, 5) is 10.5. The monoisotopic (exact) mass is 306 g/mol. The minimum Gasteiger partial charge on any atom is -0.258 e. The van der Waals surface area contributed by atoms with Gasteiger partial charge in [0.2, 0.25) is 0 Å². The van der Waals surface area contributed by atoms with Crippen molar-refractivity contribution in [2.45, 2.75) is 4.90 Å². The molecule has 0 aliphatic carbocycles. The van der Waals surface area contributed by atoms with Gasteiger partial charge in [-0.05, 0) is 28.7 Å². The number of hydrogen-bond donors (Lipinski definition) is 1. The molecule has 0 fully saturated rings. The highest BCUT2D eigenvalue weighted by molar-refractivity contribution is 14.1.